The lowest BCUT2D eigenvalue weighted by Gasteiger charge is -2.47. The molecule has 0 saturated carbocycles. The third-order valence-electron chi connectivity index (χ3n) is 4.72. The van der Waals surface area contributed by atoms with Crippen molar-refractivity contribution in [1.29, 1.82) is 0 Å². The fourth-order valence-electron chi connectivity index (χ4n) is 3.66. The van der Waals surface area contributed by atoms with Gasteiger partial charge in [-0.2, -0.15) is 0 Å². The van der Waals surface area contributed by atoms with Crippen LogP contribution in [0.3, 0.4) is 0 Å². The summed E-state index contributed by atoms with van der Waals surface area (Å²) in [4.78, 5) is 6.62. The van der Waals surface area contributed by atoms with Crippen molar-refractivity contribution >= 4 is 11.8 Å². The average Bonchev–Trinajstić information content (AvgIpc) is 3.00. The van der Waals surface area contributed by atoms with E-state index in [-0.39, 0.29) is 0 Å². The number of benzene rings is 1. The first-order chi connectivity index (χ1) is 11.8. The Balaban J connectivity index is 1.31. The molecule has 1 aromatic heterocycles. The average molecular weight is 342 g/mol. The molecule has 3 heterocycles. The number of thioether (sulfide) groups is 1. The molecule has 0 bridgehead atoms. The predicted molar refractivity (Wildman–Crippen MR) is 96.7 cm³/mol. The normalized spacial score (nSPS) is 22.3. The minimum Gasteiger partial charge on any atom is -0.496 e. The van der Waals surface area contributed by atoms with E-state index >= 15 is 0 Å². The van der Waals surface area contributed by atoms with Crippen LogP contribution in [-0.2, 0) is 6.54 Å². The Labute approximate surface area is 147 Å². The molecule has 5 heteroatoms. The van der Waals surface area contributed by atoms with Crippen LogP contribution in [-0.4, -0.2) is 46.7 Å². The van der Waals surface area contributed by atoms with Gasteiger partial charge in [0, 0.05) is 48.3 Å². The maximum atomic E-state index is 6.07. The van der Waals surface area contributed by atoms with Gasteiger partial charge < -0.3 is 9.47 Å². The van der Waals surface area contributed by atoms with Gasteiger partial charge >= 0.3 is 0 Å². The van der Waals surface area contributed by atoms with E-state index in [0.717, 1.165) is 43.3 Å². The molecule has 1 aromatic carbocycles. The van der Waals surface area contributed by atoms with E-state index in [0.29, 0.717) is 10.9 Å². The van der Waals surface area contributed by atoms with Gasteiger partial charge in [-0.05, 0) is 18.2 Å². The van der Waals surface area contributed by atoms with E-state index in [4.69, 9.17) is 9.47 Å². The summed E-state index contributed by atoms with van der Waals surface area (Å²) >= 11 is 2.06. The summed E-state index contributed by atoms with van der Waals surface area (Å²) in [5.41, 5.74) is 1.26. The summed E-state index contributed by atoms with van der Waals surface area (Å²) in [6.07, 6.45) is 4.99. The molecule has 4 rings (SSSR count). The molecule has 24 heavy (non-hydrogen) atoms. The van der Waals surface area contributed by atoms with Gasteiger partial charge in [-0.25, -0.2) is 0 Å². The number of rotatable bonds is 5. The second-order valence-corrected chi connectivity index (χ2v) is 8.07. The summed E-state index contributed by atoms with van der Waals surface area (Å²) in [5.74, 6) is 2.93. The molecular weight excluding hydrogens is 320 g/mol. The second-order valence-electron chi connectivity index (χ2n) is 6.58. The Morgan fingerprint density at radius 2 is 2.12 bits per heavy atom. The molecule has 0 aliphatic carbocycles. The third-order valence-corrected chi connectivity index (χ3v) is 6.30. The molecular formula is C19H22N2O2S. The predicted octanol–water partition coefficient (Wildman–Crippen LogP) is 3.23. The number of nitrogens with zero attached hydrogens (tertiary/aromatic N) is 2. The molecule has 2 aliphatic rings. The van der Waals surface area contributed by atoms with Crippen LogP contribution in [0, 0.1) is 0 Å². The van der Waals surface area contributed by atoms with Crippen LogP contribution in [0.25, 0.3) is 0 Å². The first-order valence-electron chi connectivity index (χ1n) is 8.31. The molecule has 0 N–H and O–H groups in total. The van der Waals surface area contributed by atoms with Gasteiger partial charge in [0.1, 0.15) is 17.6 Å². The van der Waals surface area contributed by atoms with Crippen LogP contribution in [0.15, 0.2) is 48.8 Å². The lowest BCUT2D eigenvalue weighted by atomic mass is 9.92. The summed E-state index contributed by atoms with van der Waals surface area (Å²) in [5, 5.41) is 0. The highest BCUT2D eigenvalue weighted by molar-refractivity contribution is 8.01. The van der Waals surface area contributed by atoms with Gasteiger partial charge in [0.2, 0.25) is 0 Å². The molecule has 0 radical (unpaired) electrons. The highest BCUT2D eigenvalue weighted by Crippen LogP contribution is 2.46. The molecule has 4 nitrogen and oxygen atoms in total. The quantitative estimate of drug-likeness (QED) is 0.833. The fraction of sp³-hybridized carbons (Fsp3) is 0.421. The molecule has 2 aromatic rings. The van der Waals surface area contributed by atoms with Crippen LogP contribution in [0.1, 0.15) is 12.0 Å². The zero-order valence-electron chi connectivity index (χ0n) is 13.9. The molecule has 126 valence electrons. The van der Waals surface area contributed by atoms with Gasteiger partial charge in [-0.3, -0.25) is 9.88 Å². The molecule has 2 aliphatic heterocycles. The van der Waals surface area contributed by atoms with E-state index in [1.807, 2.05) is 24.3 Å². The minimum atomic E-state index is 0.299. The lowest BCUT2D eigenvalue weighted by molar-refractivity contribution is 0.0912. The monoisotopic (exact) mass is 342 g/mol. The Kier molecular flexibility index (Phi) is 4.37. The maximum absolute atomic E-state index is 6.07. The zero-order chi connectivity index (χ0) is 16.4. The van der Waals surface area contributed by atoms with Gasteiger partial charge in [0.05, 0.1) is 13.3 Å². The van der Waals surface area contributed by atoms with Crippen LogP contribution in [0.4, 0.5) is 0 Å². The van der Waals surface area contributed by atoms with E-state index in [1.165, 1.54) is 5.56 Å². The number of hydrogen-bond acceptors (Lipinski definition) is 5. The summed E-state index contributed by atoms with van der Waals surface area (Å²) < 4.78 is 11.9. The van der Waals surface area contributed by atoms with Crippen LogP contribution in [0.2, 0.25) is 0 Å². The van der Waals surface area contributed by atoms with Crippen molar-refractivity contribution in [2.45, 2.75) is 23.8 Å². The molecule has 1 spiro atoms. The maximum Gasteiger partial charge on any atom is 0.138 e. The summed E-state index contributed by atoms with van der Waals surface area (Å²) in [7, 11) is 1.74. The number of hydrogen-bond donors (Lipinski definition) is 0. The topological polar surface area (TPSA) is 34.6 Å². The van der Waals surface area contributed by atoms with Crippen molar-refractivity contribution in [2.24, 2.45) is 0 Å². The van der Waals surface area contributed by atoms with E-state index < -0.39 is 0 Å². The van der Waals surface area contributed by atoms with E-state index in [9.17, 15) is 0 Å². The van der Waals surface area contributed by atoms with Crippen molar-refractivity contribution in [3.05, 3.63) is 54.4 Å². The van der Waals surface area contributed by atoms with Crippen LogP contribution >= 0.6 is 11.8 Å². The summed E-state index contributed by atoms with van der Waals surface area (Å²) in [6.45, 7) is 3.21. The van der Waals surface area contributed by atoms with Crippen molar-refractivity contribution in [3.63, 3.8) is 0 Å². The molecule has 0 unspecified atom stereocenters. The van der Waals surface area contributed by atoms with Gasteiger partial charge in [-0.15, -0.1) is 11.8 Å². The van der Waals surface area contributed by atoms with Gasteiger partial charge in [0.15, 0.2) is 0 Å². The number of methoxy groups -OCH3 is 1. The highest BCUT2D eigenvalue weighted by atomic mass is 32.2. The smallest absolute Gasteiger partial charge is 0.138 e. The fourth-order valence-corrected chi connectivity index (χ4v) is 5.24. The van der Waals surface area contributed by atoms with Crippen LogP contribution in [0.5, 0.6) is 11.5 Å². The van der Waals surface area contributed by atoms with E-state index in [1.54, 1.807) is 19.5 Å². The van der Waals surface area contributed by atoms with E-state index in [2.05, 4.69) is 33.8 Å². The number of likely N-dealkylation sites (tertiary alicyclic amines) is 1. The van der Waals surface area contributed by atoms with Crippen molar-refractivity contribution in [1.82, 2.24) is 9.88 Å². The van der Waals surface area contributed by atoms with Crippen molar-refractivity contribution < 1.29 is 9.47 Å². The highest BCUT2D eigenvalue weighted by Gasteiger charge is 2.49. The zero-order valence-corrected chi connectivity index (χ0v) is 14.7. The summed E-state index contributed by atoms with van der Waals surface area (Å²) in [6, 6.07) is 12.2. The molecule has 2 saturated heterocycles. The van der Waals surface area contributed by atoms with Crippen molar-refractivity contribution in [2.75, 3.05) is 26.0 Å². The Morgan fingerprint density at radius 3 is 2.92 bits per heavy atom. The largest absolute Gasteiger partial charge is 0.496 e. The molecule has 2 fully saturated rings. The van der Waals surface area contributed by atoms with Gasteiger partial charge in [0.25, 0.3) is 0 Å². The standard InChI is InChI=1S/C19H22N2O2S/c1-22-18-7-3-2-5-15(18)11-21-13-19(14-21)9-17(12-24-19)23-16-6-4-8-20-10-16/h2-8,10,17H,9,11-14H2,1H3/t17-/m0/s1. The minimum absolute atomic E-state index is 0.299. The number of aromatic nitrogens is 1. The third kappa shape index (κ3) is 3.23. The second kappa shape index (κ2) is 6.65. The number of pyridine rings is 1. The van der Waals surface area contributed by atoms with Crippen molar-refractivity contribution in [3.8, 4) is 11.5 Å². The molecule has 1 atom stereocenters. The Bertz CT molecular complexity index is 689. The first kappa shape index (κ1) is 15.8. The van der Waals surface area contributed by atoms with Crippen LogP contribution < -0.4 is 9.47 Å². The van der Waals surface area contributed by atoms with Gasteiger partial charge in [-0.1, -0.05) is 18.2 Å². The Hall–Kier alpha value is -1.72. The molecule has 0 amide bonds. The Morgan fingerprint density at radius 1 is 1.25 bits per heavy atom. The lowest BCUT2D eigenvalue weighted by Crippen LogP contribution is -2.58. The number of ether oxygens (including phenoxy) is 2. The first-order valence-corrected chi connectivity index (χ1v) is 9.30. The SMILES string of the molecule is COc1ccccc1CN1CC2(C[C@H](Oc3cccnc3)CS2)C1. The number of para-hydroxylation sites is 1.